The molecule has 1 aliphatic rings. The number of benzene rings is 1. The van der Waals surface area contributed by atoms with Gasteiger partial charge in [-0.05, 0) is 31.9 Å². The molecule has 0 amide bonds. The van der Waals surface area contributed by atoms with Gasteiger partial charge >= 0.3 is 0 Å². The van der Waals surface area contributed by atoms with E-state index in [4.69, 9.17) is 4.18 Å². The highest BCUT2D eigenvalue weighted by Gasteiger charge is 2.17. The van der Waals surface area contributed by atoms with Crippen molar-refractivity contribution in [2.45, 2.75) is 109 Å². The fourth-order valence-electron chi connectivity index (χ4n) is 3.69. The van der Waals surface area contributed by atoms with Crippen LogP contribution >= 0.6 is 0 Å². The van der Waals surface area contributed by atoms with Gasteiger partial charge < -0.3 is 9.80 Å². The highest BCUT2D eigenvalue weighted by Crippen LogP contribution is 2.14. The highest BCUT2D eigenvalue weighted by atomic mass is 32.2. The van der Waals surface area contributed by atoms with Crippen molar-refractivity contribution in [2.24, 2.45) is 0 Å². The van der Waals surface area contributed by atoms with Crippen LogP contribution in [-0.4, -0.2) is 44.6 Å². The minimum atomic E-state index is -3.57. The van der Waals surface area contributed by atoms with Crippen molar-refractivity contribution in [3.05, 3.63) is 42.7 Å². The Morgan fingerprint density at radius 2 is 1.33 bits per heavy atom. The molecule has 0 bridgehead atoms. The largest absolute Gasteiger partial charge is 0.359 e. The Balaban J connectivity index is 0.000000412. The first-order valence-corrected chi connectivity index (χ1v) is 14.4. The Bertz CT molecular complexity index is 722. The van der Waals surface area contributed by atoms with Gasteiger partial charge in [-0.1, -0.05) is 96.3 Å². The van der Waals surface area contributed by atoms with Crippen LogP contribution < -0.4 is 0 Å². The smallest absolute Gasteiger partial charge is 0.296 e. The number of rotatable bonds is 16. The Kier molecular flexibility index (Phi) is 16.0. The van der Waals surface area contributed by atoms with Crippen LogP contribution in [0.5, 0.6) is 0 Å². The fraction of sp³-hybridized carbons (Fsp3) is 0.704. The molecule has 0 N–H and O–H groups in total. The molecule has 5 nitrogen and oxygen atoms in total. The molecule has 0 aromatic heterocycles. The molecule has 0 spiro atoms. The van der Waals surface area contributed by atoms with Gasteiger partial charge in [0.2, 0.25) is 0 Å². The van der Waals surface area contributed by atoms with Crippen molar-refractivity contribution in [3.63, 3.8) is 0 Å². The van der Waals surface area contributed by atoms with Gasteiger partial charge in [0.05, 0.1) is 17.7 Å². The number of unbranched alkanes of at least 4 members (excludes halogenated alkanes) is 10. The Morgan fingerprint density at radius 1 is 0.788 bits per heavy atom. The van der Waals surface area contributed by atoms with Gasteiger partial charge in [0.15, 0.2) is 0 Å². The van der Waals surface area contributed by atoms with Crippen LogP contribution in [0.2, 0.25) is 0 Å². The van der Waals surface area contributed by atoms with E-state index >= 15 is 0 Å². The Hall–Kier alpha value is -1.53. The third-order valence-corrected chi connectivity index (χ3v) is 7.43. The average molecular weight is 481 g/mol. The summed E-state index contributed by atoms with van der Waals surface area (Å²) in [6.45, 7) is 8.18. The molecule has 1 atom stereocenters. The number of nitrogens with zero attached hydrogens (tertiary/aromatic N) is 2. The molecule has 0 fully saturated rings. The van der Waals surface area contributed by atoms with Gasteiger partial charge in [-0.2, -0.15) is 8.42 Å². The topological polar surface area (TPSA) is 49.9 Å². The number of hydrogen-bond donors (Lipinski definition) is 0. The van der Waals surface area contributed by atoms with Crippen LogP contribution in [0.1, 0.15) is 97.8 Å². The molecule has 0 aliphatic carbocycles. The second-order valence-corrected chi connectivity index (χ2v) is 10.6. The third-order valence-electron chi connectivity index (χ3n) is 6.10. The minimum absolute atomic E-state index is 0.238. The average Bonchev–Trinajstić information content (AvgIpc) is 3.14. The second kappa shape index (κ2) is 17.9. The second-order valence-electron chi connectivity index (χ2n) is 8.96. The zero-order valence-electron chi connectivity index (χ0n) is 21.5. The SMILES string of the molecule is CCCCCCCCCCCCOS(=O)(=O)c1ccccc1.CCCCN1C=CN(C)C1C. The zero-order chi connectivity index (χ0) is 24.4. The van der Waals surface area contributed by atoms with E-state index in [2.05, 4.69) is 50.0 Å². The summed E-state index contributed by atoms with van der Waals surface area (Å²) in [6.07, 6.45) is 19.7. The van der Waals surface area contributed by atoms with Crippen molar-refractivity contribution in [3.8, 4) is 0 Å². The van der Waals surface area contributed by atoms with E-state index in [1.54, 1.807) is 30.3 Å². The lowest BCUT2D eigenvalue weighted by Crippen LogP contribution is -2.33. The van der Waals surface area contributed by atoms with E-state index in [1.807, 2.05) is 0 Å². The first kappa shape index (κ1) is 29.5. The molecule has 6 heteroatoms. The number of hydrogen-bond acceptors (Lipinski definition) is 5. The maximum atomic E-state index is 11.9. The van der Waals surface area contributed by atoms with Gasteiger partial charge in [0.1, 0.15) is 0 Å². The summed E-state index contributed by atoms with van der Waals surface area (Å²) in [5, 5.41) is 0. The van der Waals surface area contributed by atoms with Crippen molar-refractivity contribution in [2.75, 3.05) is 20.2 Å². The van der Waals surface area contributed by atoms with Crippen LogP contribution in [0.4, 0.5) is 0 Å². The summed E-state index contributed by atoms with van der Waals surface area (Å²) in [6, 6.07) is 8.33. The summed E-state index contributed by atoms with van der Waals surface area (Å²) in [4.78, 5) is 4.85. The molecule has 2 rings (SSSR count). The van der Waals surface area contributed by atoms with Gasteiger partial charge in [0, 0.05) is 26.0 Å². The molecule has 0 saturated heterocycles. The molecule has 190 valence electrons. The van der Waals surface area contributed by atoms with Gasteiger partial charge in [-0.3, -0.25) is 4.18 Å². The van der Waals surface area contributed by atoms with E-state index in [0.29, 0.717) is 6.17 Å². The van der Waals surface area contributed by atoms with Crippen LogP contribution in [0.25, 0.3) is 0 Å². The van der Waals surface area contributed by atoms with Crippen LogP contribution in [0.15, 0.2) is 47.6 Å². The van der Waals surface area contributed by atoms with Crippen molar-refractivity contribution in [1.82, 2.24) is 9.80 Å². The maximum absolute atomic E-state index is 11.9. The summed E-state index contributed by atoms with van der Waals surface area (Å²) in [5.41, 5.74) is 0. The van der Waals surface area contributed by atoms with E-state index in [0.717, 1.165) is 12.8 Å². The molecule has 0 saturated carbocycles. The highest BCUT2D eigenvalue weighted by molar-refractivity contribution is 7.86. The predicted molar refractivity (Wildman–Crippen MR) is 139 cm³/mol. The monoisotopic (exact) mass is 480 g/mol. The molecule has 1 aromatic carbocycles. The summed E-state index contributed by atoms with van der Waals surface area (Å²) < 4.78 is 28.8. The first-order valence-electron chi connectivity index (χ1n) is 13.0. The molecule has 1 aromatic rings. The van der Waals surface area contributed by atoms with E-state index in [9.17, 15) is 8.42 Å². The lowest BCUT2D eigenvalue weighted by Gasteiger charge is -2.26. The van der Waals surface area contributed by atoms with Crippen LogP contribution in [0.3, 0.4) is 0 Å². The fourth-order valence-corrected chi connectivity index (χ4v) is 4.65. The molecule has 0 radical (unpaired) electrons. The van der Waals surface area contributed by atoms with Crippen LogP contribution in [0, 0.1) is 0 Å². The molecule has 33 heavy (non-hydrogen) atoms. The normalized spacial score (nSPS) is 15.6. The molecule has 1 heterocycles. The third kappa shape index (κ3) is 13.1. The van der Waals surface area contributed by atoms with Gasteiger partial charge in [0.25, 0.3) is 10.1 Å². The summed E-state index contributed by atoms with van der Waals surface area (Å²) >= 11 is 0. The Labute approximate surface area is 204 Å². The zero-order valence-corrected chi connectivity index (χ0v) is 22.4. The lowest BCUT2D eigenvalue weighted by atomic mass is 10.1. The summed E-state index contributed by atoms with van der Waals surface area (Å²) in [7, 11) is -1.45. The quantitative estimate of drug-likeness (QED) is 0.185. The lowest BCUT2D eigenvalue weighted by molar-refractivity contribution is 0.193. The molecule has 1 aliphatic heterocycles. The molecule has 1 unspecified atom stereocenters. The van der Waals surface area contributed by atoms with E-state index < -0.39 is 10.1 Å². The minimum Gasteiger partial charge on any atom is -0.359 e. The van der Waals surface area contributed by atoms with E-state index in [-0.39, 0.29) is 11.5 Å². The first-order chi connectivity index (χ1) is 15.9. The standard InChI is InChI=1S/C18H30O3S.C9H18N2/c1-2-3-4-5-6-7-8-9-10-14-17-21-22(19,20)18-15-12-11-13-16-18;1-4-5-6-11-8-7-10(3)9(11)2/h11-13,15-16H,2-10,14,17H2,1H3;7-9H,4-6H2,1-3H3. The Morgan fingerprint density at radius 3 is 1.85 bits per heavy atom. The predicted octanol–water partition coefficient (Wildman–Crippen LogP) is 7.16. The van der Waals surface area contributed by atoms with Crippen molar-refractivity contribution < 1.29 is 12.6 Å². The molecular formula is C27H48N2O3S. The molecular weight excluding hydrogens is 432 g/mol. The van der Waals surface area contributed by atoms with Crippen molar-refractivity contribution >= 4 is 10.1 Å². The van der Waals surface area contributed by atoms with Crippen molar-refractivity contribution in [1.29, 1.82) is 0 Å². The summed E-state index contributed by atoms with van der Waals surface area (Å²) in [5.74, 6) is 0. The van der Waals surface area contributed by atoms with Gasteiger partial charge in [-0.25, -0.2) is 0 Å². The van der Waals surface area contributed by atoms with Gasteiger partial charge in [-0.15, -0.1) is 0 Å². The van der Waals surface area contributed by atoms with E-state index in [1.165, 1.54) is 70.8 Å². The maximum Gasteiger partial charge on any atom is 0.296 e. The van der Waals surface area contributed by atoms with Crippen LogP contribution in [-0.2, 0) is 14.3 Å².